The van der Waals surface area contributed by atoms with Crippen molar-refractivity contribution in [2.45, 2.75) is 20.8 Å². The summed E-state index contributed by atoms with van der Waals surface area (Å²) in [4.78, 5) is 0. The molecule has 2 aromatic rings. The standard InChI is InChI=1S/C17H17N/c1-17(2,3)16(10-11-18)15-9-8-13-6-4-5-7-14(13)12-15/h4-10,12H,1-3H3/b16-10-. The predicted octanol–water partition coefficient (Wildman–Crippen LogP) is 4.79. The lowest BCUT2D eigenvalue weighted by molar-refractivity contribution is 0.567. The molecule has 0 aromatic heterocycles. The molecule has 0 saturated heterocycles. The second-order valence-electron chi connectivity index (χ2n) is 5.50. The molecule has 0 saturated carbocycles. The van der Waals surface area contributed by atoms with E-state index in [-0.39, 0.29) is 5.41 Å². The number of hydrogen-bond donors (Lipinski definition) is 0. The van der Waals surface area contributed by atoms with E-state index < -0.39 is 0 Å². The van der Waals surface area contributed by atoms with Crippen LogP contribution in [-0.2, 0) is 0 Å². The molecule has 2 aromatic carbocycles. The van der Waals surface area contributed by atoms with Gasteiger partial charge in [-0.1, -0.05) is 57.2 Å². The van der Waals surface area contributed by atoms with Crippen LogP contribution in [0.1, 0.15) is 26.3 Å². The molecule has 0 radical (unpaired) electrons. The highest BCUT2D eigenvalue weighted by atomic mass is 14.3. The third kappa shape index (κ3) is 2.43. The van der Waals surface area contributed by atoms with Crippen molar-refractivity contribution in [2.24, 2.45) is 5.41 Å². The molecule has 90 valence electrons. The number of benzene rings is 2. The molecule has 0 heterocycles. The van der Waals surface area contributed by atoms with Gasteiger partial charge in [-0.25, -0.2) is 0 Å². The first-order valence-electron chi connectivity index (χ1n) is 6.12. The van der Waals surface area contributed by atoms with Crippen LogP contribution < -0.4 is 0 Å². The molecule has 0 fully saturated rings. The van der Waals surface area contributed by atoms with Crippen LogP contribution in [0, 0.1) is 16.7 Å². The summed E-state index contributed by atoms with van der Waals surface area (Å²) in [6.07, 6.45) is 1.66. The topological polar surface area (TPSA) is 23.8 Å². The number of rotatable bonds is 1. The second-order valence-corrected chi connectivity index (χ2v) is 5.50. The molecule has 1 nitrogen and oxygen atoms in total. The Morgan fingerprint density at radius 1 is 1.06 bits per heavy atom. The monoisotopic (exact) mass is 235 g/mol. The highest BCUT2D eigenvalue weighted by Gasteiger charge is 2.18. The summed E-state index contributed by atoms with van der Waals surface area (Å²) in [5, 5.41) is 11.4. The Morgan fingerprint density at radius 2 is 1.72 bits per heavy atom. The Hall–Kier alpha value is -2.07. The number of nitriles is 1. The first kappa shape index (κ1) is 12.4. The fourth-order valence-electron chi connectivity index (χ4n) is 2.15. The lowest BCUT2D eigenvalue weighted by Crippen LogP contribution is -2.08. The van der Waals surface area contributed by atoms with E-state index in [1.807, 2.05) is 12.1 Å². The summed E-state index contributed by atoms with van der Waals surface area (Å²) in [6.45, 7) is 6.39. The van der Waals surface area contributed by atoms with Crippen LogP contribution in [-0.4, -0.2) is 0 Å². The molecular formula is C17H17N. The van der Waals surface area contributed by atoms with Crippen molar-refractivity contribution in [2.75, 3.05) is 0 Å². The molecule has 1 heteroatoms. The Morgan fingerprint density at radius 3 is 2.33 bits per heavy atom. The van der Waals surface area contributed by atoms with E-state index in [0.29, 0.717) is 0 Å². The van der Waals surface area contributed by atoms with Crippen molar-refractivity contribution in [1.82, 2.24) is 0 Å². The van der Waals surface area contributed by atoms with E-state index in [2.05, 4.69) is 57.2 Å². The maximum absolute atomic E-state index is 8.95. The fraction of sp³-hybridized carbons (Fsp3) is 0.235. The van der Waals surface area contributed by atoms with Crippen LogP contribution in [0.3, 0.4) is 0 Å². The predicted molar refractivity (Wildman–Crippen MR) is 77.0 cm³/mol. The SMILES string of the molecule is CC(C)(C)/C(=C\C#N)c1ccc2ccccc2c1. The Balaban J connectivity index is 2.60. The average molecular weight is 235 g/mol. The summed E-state index contributed by atoms with van der Waals surface area (Å²) in [7, 11) is 0. The highest BCUT2D eigenvalue weighted by Crippen LogP contribution is 2.34. The summed E-state index contributed by atoms with van der Waals surface area (Å²) < 4.78 is 0. The largest absolute Gasteiger partial charge is 0.193 e. The summed E-state index contributed by atoms with van der Waals surface area (Å²) in [5.41, 5.74) is 2.18. The van der Waals surface area contributed by atoms with Gasteiger partial charge in [0.1, 0.15) is 0 Å². The van der Waals surface area contributed by atoms with Gasteiger partial charge < -0.3 is 0 Å². The zero-order chi connectivity index (χ0) is 13.2. The van der Waals surface area contributed by atoms with E-state index >= 15 is 0 Å². The molecule has 0 bridgehead atoms. The average Bonchev–Trinajstić information content (AvgIpc) is 2.34. The normalized spacial score (nSPS) is 12.4. The maximum Gasteiger partial charge on any atom is 0.0915 e. The third-order valence-corrected chi connectivity index (χ3v) is 3.08. The van der Waals surface area contributed by atoms with Gasteiger partial charge in [-0.3, -0.25) is 0 Å². The summed E-state index contributed by atoms with van der Waals surface area (Å²) >= 11 is 0. The lowest BCUT2D eigenvalue weighted by atomic mass is 9.81. The van der Waals surface area contributed by atoms with Crippen LogP contribution in [0.4, 0.5) is 0 Å². The molecule has 0 N–H and O–H groups in total. The molecular weight excluding hydrogens is 218 g/mol. The second kappa shape index (κ2) is 4.66. The van der Waals surface area contributed by atoms with Crippen molar-refractivity contribution < 1.29 is 0 Å². The fourth-order valence-corrected chi connectivity index (χ4v) is 2.15. The zero-order valence-corrected chi connectivity index (χ0v) is 11.1. The van der Waals surface area contributed by atoms with E-state index in [1.165, 1.54) is 10.8 Å². The molecule has 0 unspecified atom stereocenters. The minimum absolute atomic E-state index is 0.0296. The maximum atomic E-state index is 8.95. The van der Waals surface area contributed by atoms with Gasteiger partial charge in [-0.2, -0.15) is 5.26 Å². The third-order valence-electron chi connectivity index (χ3n) is 3.08. The van der Waals surface area contributed by atoms with Crippen LogP contribution >= 0.6 is 0 Å². The van der Waals surface area contributed by atoms with Gasteiger partial charge in [-0.05, 0) is 33.4 Å². The van der Waals surface area contributed by atoms with E-state index in [4.69, 9.17) is 5.26 Å². The molecule has 0 atom stereocenters. The van der Waals surface area contributed by atoms with Gasteiger partial charge >= 0.3 is 0 Å². The molecule has 0 aliphatic heterocycles. The Kier molecular flexibility index (Phi) is 3.21. The van der Waals surface area contributed by atoms with E-state index in [9.17, 15) is 0 Å². The first-order valence-corrected chi connectivity index (χ1v) is 6.12. The van der Waals surface area contributed by atoms with Gasteiger partial charge in [0.05, 0.1) is 6.07 Å². The number of nitrogens with zero attached hydrogens (tertiary/aromatic N) is 1. The lowest BCUT2D eigenvalue weighted by Gasteiger charge is -2.22. The van der Waals surface area contributed by atoms with Gasteiger partial charge in [0.2, 0.25) is 0 Å². The molecule has 2 rings (SSSR count). The van der Waals surface area contributed by atoms with Gasteiger partial charge in [0.25, 0.3) is 0 Å². The Labute approximate surface area is 108 Å². The van der Waals surface area contributed by atoms with Crippen molar-refractivity contribution in [3.05, 3.63) is 54.1 Å². The zero-order valence-electron chi connectivity index (χ0n) is 11.1. The first-order chi connectivity index (χ1) is 8.52. The van der Waals surface area contributed by atoms with Crippen LogP contribution in [0.15, 0.2) is 48.5 Å². The van der Waals surface area contributed by atoms with Crippen molar-refractivity contribution in [1.29, 1.82) is 5.26 Å². The highest BCUT2D eigenvalue weighted by molar-refractivity contribution is 5.87. The summed E-state index contributed by atoms with van der Waals surface area (Å²) in [6, 6.07) is 16.8. The smallest absolute Gasteiger partial charge is 0.0915 e. The van der Waals surface area contributed by atoms with Crippen molar-refractivity contribution >= 4 is 16.3 Å². The van der Waals surface area contributed by atoms with Gasteiger partial charge in [0.15, 0.2) is 0 Å². The minimum atomic E-state index is -0.0296. The molecule has 0 spiro atoms. The van der Waals surface area contributed by atoms with Crippen LogP contribution in [0.25, 0.3) is 16.3 Å². The van der Waals surface area contributed by atoms with E-state index in [1.54, 1.807) is 6.08 Å². The van der Waals surface area contributed by atoms with Crippen molar-refractivity contribution in [3.8, 4) is 6.07 Å². The number of allylic oxidation sites excluding steroid dienone is 2. The van der Waals surface area contributed by atoms with Gasteiger partial charge in [0, 0.05) is 6.08 Å². The molecule has 18 heavy (non-hydrogen) atoms. The van der Waals surface area contributed by atoms with Crippen LogP contribution in [0.5, 0.6) is 0 Å². The van der Waals surface area contributed by atoms with E-state index in [0.717, 1.165) is 11.1 Å². The molecule has 0 aliphatic rings. The number of hydrogen-bond acceptors (Lipinski definition) is 1. The number of fused-ring (bicyclic) bond motifs is 1. The molecule has 0 aliphatic carbocycles. The summed E-state index contributed by atoms with van der Waals surface area (Å²) in [5.74, 6) is 0. The molecule has 0 amide bonds. The van der Waals surface area contributed by atoms with Crippen molar-refractivity contribution in [3.63, 3.8) is 0 Å². The minimum Gasteiger partial charge on any atom is -0.193 e. The van der Waals surface area contributed by atoms with Gasteiger partial charge in [-0.15, -0.1) is 0 Å². The Bertz CT molecular complexity index is 636. The quantitative estimate of drug-likeness (QED) is 0.652. The van der Waals surface area contributed by atoms with Crippen LogP contribution in [0.2, 0.25) is 0 Å².